The molecule has 104 valence electrons. The monoisotopic (exact) mass is 312 g/mol. The van der Waals surface area contributed by atoms with Gasteiger partial charge in [-0.3, -0.25) is 4.79 Å². The van der Waals surface area contributed by atoms with Gasteiger partial charge in [-0.25, -0.2) is 4.39 Å². The Bertz CT molecular complexity index is 662. The SMILES string of the molecule is CNc1ccc(Cl)cc1C(=O)Nc1cc(F)ccc1Cl. The summed E-state index contributed by atoms with van der Waals surface area (Å²) in [5, 5.41) is 6.14. The second-order valence-corrected chi connectivity index (χ2v) is 4.86. The summed E-state index contributed by atoms with van der Waals surface area (Å²) in [7, 11) is 1.69. The second kappa shape index (κ2) is 6.11. The number of anilines is 2. The Labute approximate surface area is 125 Å². The highest BCUT2D eigenvalue weighted by atomic mass is 35.5. The number of amides is 1. The summed E-state index contributed by atoms with van der Waals surface area (Å²) >= 11 is 11.8. The molecular formula is C14H11Cl2FN2O. The fourth-order valence-electron chi connectivity index (χ4n) is 1.71. The number of carbonyl (C=O) groups is 1. The Kier molecular flexibility index (Phi) is 4.47. The minimum absolute atomic E-state index is 0.207. The molecule has 0 spiro atoms. The average molecular weight is 313 g/mol. The summed E-state index contributed by atoms with van der Waals surface area (Å²) < 4.78 is 13.2. The summed E-state index contributed by atoms with van der Waals surface area (Å²) in [6.07, 6.45) is 0. The van der Waals surface area contributed by atoms with Crippen LogP contribution in [0, 0.1) is 5.82 Å². The summed E-state index contributed by atoms with van der Waals surface area (Å²) in [5.74, 6) is -0.908. The highest BCUT2D eigenvalue weighted by Gasteiger charge is 2.13. The van der Waals surface area contributed by atoms with E-state index < -0.39 is 11.7 Å². The Balaban J connectivity index is 2.32. The summed E-state index contributed by atoms with van der Waals surface area (Å²) in [6.45, 7) is 0. The lowest BCUT2D eigenvalue weighted by Crippen LogP contribution is -2.14. The van der Waals surface area contributed by atoms with Crippen LogP contribution in [0.5, 0.6) is 0 Å². The fourth-order valence-corrected chi connectivity index (χ4v) is 2.04. The molecule has 20 heavy (non-hydrogen) atoms. The van der Waals surface area contributed by atoms with Crippen LogP contribution in [0.2, 0.25) is 10.0 Å². The van der Waals surface area contributed by atoms with E-state index in [2.05, 4.69) is 10.6 Å². The molecule has 0 aliphatic heterocycles. The zero-order valence-corrected chi connectivity index (χ0v) is 12.0. The lowest BCUT2D eigenvalue weighted by atomic mass is 10.1. The predicted octanol–water partition coefficient (Wildman–Crippen LogP) is 4.43. The highest BCUT2D eigenvalue weighted by Crippen LogP contribution is 2.25. The molecule has 0 bridgehead atoms. The van der Waals surface area contributed by atoms with Gasteiger partial charge in [0, 0.05) is 17.8 Å². The summed E-state index contributed by atoms with van der Waals surface area (Å²) in [5.41, 5.74) is 1.17. The highest BCUT2D eigenvalue weighted by molar-refractivity contribution is 6.34. The van der Waals surface area contributed by atoms with Crippen LogP contribution in [-0.2, 0) is 0 Å². The first-order chi connectivity index (χ1) is 9.51. The molecule has 0 unspecified atom stereocenters. The van der Waals surface area contributed by atoms with Crippen molar-refractivity contribution in [2.24, 2.45) is 0 Å². The van der Waals surface area contributed by atoms with Crippen LogP contribution >= 0.6 is 23.2 Å². The van der Waals surface area contributed by atoms with Gasteiger partial charge in [0.1, 0.15) is 5.82 Å². The number of nitrogens with one attached hydrogen (secondary N) is 2. The Morgan fingerprint density at radius 2 is 1.85 bits per heavy atom. The van der Waals surface area contributed by atoms with Crippen molar-refractivity contribution in [3.05, 3.63) is 57.8 Å². The van der Waals surface area contributed by atoms with Crippen LogP contribution in [0.4, 0.5) is 15.8 Å². The van der Waals surface area contributed by atoms with E-state index in [0.29, 0.717) is 16.3 Å². The maximum Gasteiger partial charge on any atom is 0.257 e. The molecule has 3 nitrogen and oxygen atoms in total. The zero-order chi connectivity index (χ0) is 14.7. The molecule has 0 atom stereocenters. The van der Waals surface area contributed by atoms with Crippen molar-refractivity contribution in [2.45, 2.75) is 0 Å². The molecule has 0 saturated carbocycles. The van der Waals surface area contributed by atoms with Gasteiger partial charge < -0.3 is 10.6 Å². The van der Waals surface area contributed by atoms with E-state index in [1.54, 1.807) is 19.2 Å². The first-order valence-corrected chi connectivity index (χ1v) is 6.50. The van der Waals surface area contributed by atoms with Crippen molar-refractivity contribution in [2.75, 3.05) is 17.7 Å². The van der Waals surface area contributed by atoms with Gasteiger partial charge in [-0.05, 0) is 36.4 Å². The molecular weight excluding hydrogens is 302 g/mol. The van der Waals surface area contributed by atoms with Gasteiger partial charge >= 0.3 is 0 Å². The number of rotatable bonds is 3. The molecule has 0 aromatic heterocycles. The van der Waals surface area contributed by atoms with E-state index in [1.165, 1.54) is 18.2 Å². The lowest BCUT2D eigenvalue weighted by Gasteiger charge is -2.11. The number of halogens is 3. The van der Waals surface area contributed by atoms with Gasteiger partial charge in [0.15, 0.2) is 0 Å². The predicted molar refractivity (Wildman–Crippen MR) is 80.4 cm³/mol. The third-order valence-corrected chi connectivity index (χ3v) is 3.24. The first-order valence-electron chi connectivity index (χ1n) is 5.75. The standard InChI is InChI=1S/C14H11Cl2FN2O/c1-18-12-5-2-8(15)6-10(12)14(20)19-13-7-9(17)3-4-11(13)16/h2-7,18H,1H3,(H,19,20). The number of benzene rings is 2. The minimum Gasteiger partial charge on any atom is -0.387 e. The number of carbonyl (C=O) groups excluding carboxylic acids is 1. The van der Waals surface area contributed by atoms with Crippen LogP contribution in [0.25, 0.3) is 0 Å². The largest absolute Gasteiger partial charge is 0.387 e. The molecule has 0 heterocycles. The lowest BCUT2D eigenvalue weighted by molar-refractivity contribution is 0.102. The summed E-state index contributed by atoms with van der Waals surface area (Å²) in [6, 6.07) is 8.63. The molecule has 2 N–H and O–H groups in total. The molecule has 0 saturated heterocycles. The van der Waals surface area contributed by atoms with Gasteiger partial charge in [0.2, 0.25) is 0 Å². The van der Waals surface area contributed by atoms with Crippen molar-refractivity contribution in [1.82, 2.24) is 0 Å². The number of hydrogen-bond acceptors (Lipinski definition) is 2. The quantitative estimate of drug-likeness (QED) is 0.880. The molecule has 2 aromatic rings. The van der Waals surface area contributed by atoms with Gasteiger partial charge in [0.05, 0.1) is 16.3 Å². The van der Waals surface area contributed by atoms with Crippen LogP contribution in [-0.4, -0.2) is 13.0 Å². The fraction of sp³-hybridized carbons (Fsp3) is 0.0714. The summed E-state index contributed by atoms with van der Waals surface area (Å²) in [4.78, 5) is 12.2. The van der Waals surface area contributed by atoms with Crippen LogP contribution in [0.15, 0.2) is 36.4 Å². The van der Waals surface area contributed by atoms with Crippen LogP contribution < -0.4 is 10.6 Å². The van der Waals surface area contributed by atoms with Gasteiger partial charge in [-0.15, -0.1) is 0 Å². The Morgan fingerprint density at radius 1 is 1.10 bits per heavy atom. The van der Waals surface area contributed by atoms with Crippen molar-refractivity contribution < 1.29 is 9.18 Å². The maximum atomic E-state index is 13.2. The van der Waals surface area contributed by atoms with E-state index >= 15 is 0 Å². The molecule has 6 heteroatoms. The zero-order valence-electron chi connectivity index (χ0n) is 10.5. The smallest absolute Gasteiger partial charge is 0.257 e. The van der Waals surface area contributed by atoms with Crippen LogP contribution in [0.3, 0.4) is 0 Å². The Morgan fingerprint density at radius 3 is 2.55 bits per heavy atom. The maximum absolute atomic E-state index is 13.2. The van der Waals surface area contributed by atoms with E-state index in [-0.39, 0.29) is 10.7 Å². The molecule has 0 aliphatic carbocycles. The molecule has 0 fully saturated rings. The normalized spacial score (nSPS) is 10.2. The van der Waals surface area contributed by atoms with Gasteiger partial charge in [0.25, 0.3) is 5.91 Å². The van der Waals surface area contributed by atoms with Gasteiger partial charge in [-0.1, -0.05) is 23.2 Å². The van der Waals surface area contributed by atoms with E-state index in [0.717, 1.165) is 6.07 Å². The topological polar surface area (TPSA) is 41.1 Å². The van der Waals surface area contributed by atoms with Crippen molar-refractivity contribution in [3.63, 3.8) is 0 Å². The number of hydrogen-bond donors (Lipinski definition) is 2. The molecule has 2 aromatic carbocycles. The molecule has 2 rings (SSSR count). The third kappa shape index (κ3) is 3.21. The van der Waals surface area contributed by atoms with Crippen molar-refractivity contribution in [1.29, 1.82) is 0 Å². The van der Waals surface area contributed by atoms with E-state index in [4.69, 9.17) is 23.2 Å². The van der Waals surface area contributed by atoms with E-state index in [9.17, 15) is 9.18 Å². The Hall–Kier alpha value is -1.78. The molecule has 0 radical (unpaired) electrons. The second-order valence-electron chi connectivity index (χ2n) is 4.02. The van der Waals surface area contributed by atoms with E-state index in [1.807, 2.05) is 0 Å². The third-order valence-electron chi connectivity index (χ3n) is 2.67. The first kappa shape index (κ1) is 14.6. The van der Waals surface area contributed by atoms with Crippen LogP contribution in [0.1, 0.15) is 10.4 Å². The van der Waals surface area contributed by atoms with Gasteiger partial charge in [-0.2, -0.15) is 0 Å². The van der Waals surface area contributed by atoms with Crippen molar-refractivity contribution in [3.8, 4) is 0 Å². The average Bonchev–Trinajstić information content (AvgIpc) is 2.42. The van der Waals surface area contributed by atoms with Crippen molar-refractivity contribution >= 4 is 40.5 Å². The molecule has 0 aliphatic rings. The molecule has 1 amide bonds. The minimum atomic E-state index is -0.482.